The molecule has 28 heavy (non-hydrogen) atoms. The zero-order valence-corrected chi connectivity index (χ0v) is 15.4. The van der Waals surface area contributed by atoms with Crippen LogP contribution in [-0.4, -0.2) is 59.6 Å². The molecule has 0 spiro atoms. The lowest BCUT2D eigenvalue weighted by Gasteiger charge is -2.37. The quantitative estimate of drug-likeness (QED) is 0.821. The van der Waals surface area contributed by atoms with Gasteiger partial charge in [0.1, 0.15) is 6.54 Å². The van der Waals surface area contributed by atoms with E-state index in [1.54, 1.807) is 42.7 Å². The Bertz CT molecular complexity index is 755. The minimum atomic E-state index is -4.45. The Balaban J connectivity index is 1.73. The Kier molecular flexibility index (Phi) is 6.64. The Morgan fingerprint density at radius 2 is 2.00 bits per heavy atom. The van der Waals surface area contributed by atoms with Crippen LogP contribution in [0.15, 0.2) is 54.9 Å². The number of piperazine rings is 1. The Morgan fingerprint density at radius 1 is 1.21 bits per heavy atom. The van der Waals surface area contributed by atoms with Gasteiger partial charge >= 0.3 is 6.18 Å². The van der Waals surface area contributed by atoms with E-state index in [4.69, 9.17) is 0 Å². The number of halogens is 3. The number of amides is 1. The zero-order valence-electron chi connectivity index (χ0n) is 15.4. The van der Waals surface area contributed by atoms with Gasteiger partial charge in [0.05, 0.1) is 6.54 Å². The number of carbonyl (C=O) groups is 1. The minimum Gasteiger partial charge on any atom is -0.328 e. The highest BCUT2D eigenvalue weighted by Crippen LogP contribution is 2.23. The largest absolute Gasteiger partial charge is 0.406 e. The summed E-state index contributed by atoms with van der Waals surface area (Å²) >= 11 is 0. The zero-order chi connectivity index (χ0) is 20.0. The normalized spacial score (nSPS) is 18.0. The highest BCUT2D eigenvalue weighted by atomic mass is 19.4. The van der Waals surface area contributed by atoms with Crippen molar-refractivity contribution in [3.05, 3.63) is 66.0 Å². The van der Waals surface area contributed by atoms with Gasteiger partial charge in [-0.2, -0.15) is 13.2 Å². The van der Waals surface area contributed by atoms with E-state index in [0.717, 1.165) is 10.5 Å². The molecule has 2 aromatic rings. The van der Waals surface area contributed by atoms with Crippen molar-refractivity contribution in [2.75, 3.05) is 32.7 Å². The molecule has 1 unspecified atom stereocenters. The summed E-state index contributed by atoms with van der Waals surface area (Å²) in [6.45, 7) is 0.493. The summed E-state index contributed by atoms with van der Waals surface area (Å²) < 4.78 is 39.2. The van der Waals surface area contributed by atoms with E-state index in [1.165, 1.54) is 0 Å². The van der Waals surface area contributed by atoms with Crippen LogP contribution >= 0.6 is 0 Å². The molecule has 8 heteroatoms. The van der Waals surface area contributed by atoms with Gasteiger partial charge in [-0.15, -0.1) is 0 Å². The fraction of sp³-hybridized carbons (Fsp3) is 0.400. The summed E-state index contributed by atoms with van der Waals surface area (Å²) in [6.07, 6.45) is -1.05. The van der Waals surface area contributed by atoms with E-state index >= 15 is 0 Å². The van der Waals surface area contributed by atoms with Gasteiger partial charge in [0.25, 0.3) is 0 Å². The molecule has 1 N–H and O–H groups in total. The van der Waals surface area contributed by atoms with Gasteiger partial charge in [0, 0.05) is 44.6 Å². The monoisotopic (exact) mass is 392 g/mol. The molecular formula is C20H23F3N4O. The molecule has 0 radical (unpaired) electrons. The molecule has 3 rings (SSSR count). The molecular weight excluding hydrogens is 369 g/mol. The number of aromatic nitrogens is 1. The fourth-order valence-corrected chi connectivity index (χ4v) is 3.36. The van der Waals surface area contributed by atoms with Crippen molar-refractivity contribution in [1.29, 1.82) is 0 Å². The Hall–Kier alpha value is -2.45. The summed E-state index contributed by atoms with van der Waals surface area (Å²) in [5.41, 5.74) is 1.61. The maximum absolute atomic E-state index is 13.1. The van der Waals surface area contributed by atoms with E-state index in [-0.39, 0.29) is 19.1 Å². The summed E-state index contributed by atoms with van der Waals surface area (Å²) in [5, 5.41) is 3.27. The standard InChI is InChI=1S/C20H23F3N4O/c21-20(22,23)15-27(13-16-5-2-1-3-6-16)19(28)14-26-10-9-25-12-18(26)17-7-4-8-24-11-17/h1-8,11,18,25H,9-10,12-15H2. The number of pyridine rings is 1. The first-order valence-corrected chi connectivity index (χ1v) is 9.15. The van der Waals surface area contributed by atoms with Crippen LogP contribution in [0, 0.1) is 0 Å². The molecule has 150 valence electrons. The molecule has 0 aliphatic carbocycles. The topological polar surface area (TPSA) is 48.5 Å². The fourth-order valence-electron chi connectivity index (χ4n) is 3.36. The number of hydrogen-bond donors (Lipinski definition) is 1. The average Bonchev–Trinajstić information content (AvgIpc) is 2.68. The molecule has 1 aromatic heterocycles. The number of carbonyl (C=O) groups excluding carboxylic acids is 1. The maximum Gasteiger partial charge on any atom is 0.406 e. The van der Waals surface area contributed by atoms with Gasteiger partial charge in [-0.25, -0.2) is 0 Å². The van der Waals surface area contributed by atoms with Crippen LogP contribution in [0.25, 0.3) is 0 Å². The van der Waals surface area contributed by atoms with Crippen LogP contribution in [0.4, 0.5) is 13.2 Å². The van der Waals surface area contributed by atoms with Crippen molar-refractivity contribution in [3.8, 4) is 0 Å². The minimum absolute atomic E-state index is 0.0653. The smallest absolute Gasteiger partial charge is 0.328 e. The lowest BCUT2D eigenvalue weighted by molar-refractivity contribution is -0.163. The van der Waals surface area contributed by atoms with Crippen LogP contribution in [0.2, 0.25) is 0 Å². The number of alkyl halides is 3. The SMILES string of the molecule is O=C(CN1CCNCC1c1cccnc1)N(Cc1ccccc1)CC(F)(F)F. The molecule has 1 aliphatic rings. The predicted molar refractivity (Wildman–Crippen MR) is 99.3 cm³/mol. The molecule has 0 bridgehead atoms. The Labute approximate surface area is 162 Å². The van der Waals surface area contributed by atoms with Crippen LogP contribution in [0.3, 0.4) is 0 Å². The number of nitrogens with zero attached hydrogens (tertiary/aromatic N) is 3. The third kappa shape index (κ3) is 5.77. The second-order valence-electron chi connectivity index (χ2n) is 6.83. The lowest BCUT2D eigenvalue weighted by atomic mass is 10.1. The predicted octanol–water partition coefficient (Wildman–Crippen LogP) is 2.62. The third-order valence-corrected chi connectivity index (χ3v) is 4.70. The van der Waals surface area contributed by atoms with Crippen LogP contribution < -0.4 is 5.32 Å². The Morgan fingerprint density at radius 3 is 2.68 bits per heavy atom. The molecule has 1 fully saturated rings. The second-order valence-corrected chi connectivity index (χ2v) is 6.83. The molecule has 1 atom stereocenters. The first-order chi connectivity index (χ1) is 13.4. The van der Waals surface area contributed by atoms with Gasteiger partial charge in [0.2, 0.25) is 5.91 Å². The van der Waals surface area contributed by atoms with Crippen molar-refractivity contribution < 1.29 is 18.0 Å². The van der Waals surface area contributed by atoms with E-state index < -0.39 is 18.6 Å². The maximum atomic E-state index is 13.1. The lowest BCUT2D eigenvalue weighted by Crippen LogP contribution is -2.51. The number of nitrogens with one attached hydrogen (secondary N) is 1. The van der Waals surface area contributed by atoms with E-state index in [1.807, 2.05) is 17.0 Å². The molecule has 1 amide bonds. The average molecular weight is 392 g/mol. The first-order valence-electron chi connectivity index (χ1n) is 9.15. The van der Waals surface area contributed by atoms with Gasteiger partial charge in [-0.1, -0.05) is 36.4 Å². The molecule has 2 heterocycles. The molecule has 1 aromatic carbocycles. The van der Waals surface area contributed by atoms with E-state index in [0.29, 0.717) is 25.2 Å². The van der Waals surface area contributed by atoms with Crippen molar-refractivity contribution in [1.82, 2.24) is 20.1 Å². The molecule has 5 nitrogen and oxygen atoms in total. The number of rotatable bonds is 6. The second kappa shape index (κ2) is 9.16. The highest BCUT2D eigenvalue weighted by Gasteiger charge is 2.34. The summed E-state index contributed by atoms with van der Waals surface area (Å²) in [4.78, 5) is 19.7. The number of benzene rings is 1. The highest BCUT2D eigenvalue weighted by molar-refractivity contribution is 5.78. The molecule has 0 saturated carbocycles. The molecule has 1 aliphatic heterocycles. The van der Waals surface area contributed by atoms with E-state index in [2.05, 4.69) is 10.3 Å². The first kappa shape index (κ1) is 20.3. The summed E-state index contributed by atoms with van der Waals surface area (Å²) in [5.74, 6) is -0.531. The molecule has 1 saturated heterocycles. The van der Waals surface area contributed by atoms with Crippen molar-refractivity contribution in [2.24, 2.45) is 0 Å². The van der Waals surface area contributed by atoms with E-state index in [9.17, 15) is 18.0 Å². The summed E-state index contributed by atoms with van der Waals surface area (Å²) in [7, 11) is 0. The number of hydrogen-bond acceptors (Lipinski definition) is 4. The third-order valence-electron chi connectivity index (χ3n) is 4.70. The van der Waals surface area contributed by atoms with Crippen molar-refractivity contribution >= 4 is 5.91 Å². The van der Waals surface area contributed by atoms with Crippen LogP contribution in [0.1, 0.15) is 17.2 Å². The van der Waals surface area contributed by atoms with Gasteiger partial charge < -0.3 is 10.2 Å². The van der Waals surface area contributed by atoms with Crippen LogP contribution in [-0.2, 0) is 11.3 Å². The van der Waals surface area contributed by atoms with Crippen molar-refractivity contribution in [2.45, 2.75) is 18.8 Å². The van der Waals surface area contributed by atoms with Gasteiger partial charge in [0.15, 0.2) is 0 Å². The summed E-state index contributed by atoms with van der Waals surface area (Å²) in [6, 6.07) is 12.4. The van der Waals surface area contributed by atoms with Gasteiger partial charge in [-0.3, -0.25) is 14.7 Å². The van der Waals surface area contributed by atoms with Crippen LogP contribution in [0.5, 0.6) is 0 Å². The van der Waals surface area contributed by atoms with Crippen molar-refractivity contribution in [3.63, 3.8) is 0 Å². The van der Waals surface area contributed by atoms with Gasteiger partial charge in [-0.05, 0) is 17.2 Å².